The molecule has 5 nitrogen and oxygen atoms in total. The Morgan fingerprint density at radius 1 is 0.737 bits per heavy atom. The Bertz CT molecular complexity index is 746. The largest absolute Gasteiger partial charge is 0.508 e. The van der Waals surface area contributed by atoms with Gasteiger partial charge in [-0.3, -0.25) is 9.59 Å². The fourth-order valence-electron chi connectivity index (χ4n) is 2.20. The Balaban J connectivity index is 2.36. The van der Waals surface area contributed by atoms with Gasteiger partial charge in [-0.15, -0.1) is 0 Å². The number of carbonyl (C=O) groups excluding carboxylic acids is 2. The Morgan fingerprint density at radius 3 is 2.16 bits per heavy atom. The molecule has 0 atom stereocenters. The Hall–Kier alpha value is -2.82. The highest BCUT2D eigenvalue weighted by Crippen LogP contribution is 2.38. The van der Waals surface area contributed by atoms with Gasteiger partial charge in [-0.2, -0.15) is 0 Å². The van der Waals surface area contributed by atoms with Crippen LogP contribution in [-0.2, 0) is 0 Å². The monoisotopic (exact) mass is 256 g/mol. The smallest absolute Gasteiger partial charge is 0.198 e. The van der Waals surface area contributed by atoms with Crippen molar-refractivity contribution in [3.8, 4) is 17.2 Å². The number of phenolic OH excluding ortho intramolecular Hbond substituents is 3. The van der Waals surface area contributed by atoms with Crippen LogP contribution in [0, 0.1) is 0 Å². The quantitative estimate of drug-likeness (QED) is 0.531. The number of hydrogen-bond acceptors (Lipinski definition) is 5. The normalized spacial score (nSPS) is 13.1. The molecule has 19 heavy (non-hydrogen) atoms. The fraction of sp³-hybridized carbons (Fsp3) is 0. The first-order valence-corrected chi connectivity index (χ1v) is 5.48. The predicted molar refractivity (Wildman–Crippen MR) is 64.7 cm³/mol. The average Bonchev–Trinajstić information content (AvgIpc) is 2.39. The lowest BCUT2D eigenvalue weighted by atomic mass is 9.83. The van der Waals surface area contributed by atoms with Crippen LogP contribution in [0.1, 0.15) is 31.8 Å². The van der Waals surface area contributed by atoms with Crippen molar-refractivity contribution in [3.63, 3.8) is 0 Å². The van der Waals surface area contributed by atoms with Crippen molar-refractivity contribution >= 4 is 11.6 Å². The van der Waals surface area contributed by atoms with Crippen LogP contribution in [0.15, 0.2) is 30.3 Å². The molecule has 0 saturated carbocycles. The van der Waals surface area contributed by atoms with Gasteiger partial charge in [-0.1, -0.05) is 0 Å². The second-order valence-electron chi connectivity index (χ2n) is 4.24. The Kier molecular flexibility index (Phi) is 2.13. The fourth-order valence-corrected chi connectivity index (χ4v) is 2.20. The van der Waals surface area contributed by atoms with Crippen molar-refractivity contribution in [2.75, 3.05) is 0 Å². The molecule has 2 aromatic rings. The van der Waals surface area contributed by atoms with Crippen LogP contribution in [0.3, 0.4) is 0 Å². The van der Waals surface area contributed by atoms with Crippen molar-refractivity contribution in [1.82, 2.24) is 0 Å². The third-order valence-corrected chi connectivity index (χ3v) is 3.12. The molecule has 0 heterocycles. The zero-order chi connectivity index (χ0) is 13.7. The van der Waals surface area contributed by atoms with Crippen molar-refractivity contribution in [2.24, 2.45) is 0 Å². The first-order valence-electron chi connectivity index (χ1n) is 5.48. The van der Waals surface area contributed by atoms with Gasteiger partial charge in [-0.25, -0.2) is 0 Å². The maximum Gasteiger partial charge on any atom is 0.198 e. The van der Waals surface area contributed by atoms with Gasteiger partial charge in [0.25, 0.3) is 0 Å². The number of carbonyl (C=O) groups is 2. The number of ketones is 2. The van der Waals surface area contributed by atoms with Crippen LogP contribution in [-0.4, -0.2) is 26.9 Å². The number of aromatic hydroxyl groups is 3. The molecule has 0 aromatic heterocycles. The first kappa shape index (κ1) is 11.3. The predicted octanol–water partition coefficient (Wildman–Crippen LogP) is 1.58. The molecule has 5 heteroatoms. The summed E-state index contributed by atoms with van der Waals surface area (Å²) in [6.45, 7) is 0. The van der Waals surface area contributed by atoms with Crippen molar-refractivity contribution in [2.45, 2.75) is 0 Å². The highest BCUT2D eigenvalue weighted by atomic mass is 16.3. The van der Waals surface area contributed by atoms with Gasteiger partial charge in [0.05, 0.1) is 5.56 Å². The van der Waals surface area contributed by atoms with Crippen LogP contribution < -0.4 is 0 Å². The molecule has 0 saturated heterocycles. The zero-order valence-corrected chi connectivity index (χ0v) is 9.54. The summed E-state index contributed by atoms with van der Waals surface area (Å²) in [6, 6.07) is 6.29. The van der Waals surface area contributed by atoms with Crippen molar-refractivity contribution in [3.05, 3.63) is 52.6 Å². The van der Waals surface area contributed by atoms with E-state index in [1.54, 1.807) is 0 Å². The van der Waals surface area contributed by atoms with Crippen molar-refractivity contribution in [1.29, 1.82) is 0 Å². The van der Waals surface area contributed by atoms with E-state index < -0.39 is 23.1 Å². The van der Waals surface area contributed by atoms with E-state index >= 15 is 0 Å². The molecule has 0 spiro atoms. The van der Waals surface area contributed by atoms with Crippen LogP contribution in [0.25, 0.3) is 0 Å². The molecule has 0 fully saturated rings. The average molecular weight is 256 g/mol. The summed E-state index contributed by atoms with van der Waals surface area (Å²) in [6.07, 6.45) is 0. The summed E-state index contributed by atoms with van der Waals surface area (Å²) in [5.74, 6) is -2.27. The minimum Gasteiger partial charge on any atom is -0.508 e. The van der Waals surface area contributed by atoms with E-state index in [-0.39, 0.29) is 28.0 Å². The summed E-state index contributed by atoms with van der Waals surface area (Å²) in [7, 11) is 0. The van der Waals surface area contributed by atoms with Gasteiger partial charge in [-0.05, 0) is 30.3 Å². The number of hydrogen-bond donors (Lipinski definition) is 3. The third kappa shape index (κ3) is 1.41. The van der Waals surface area contributed by atoms with E-state index in [9.17, 15) is 24.9 Å². The van der Waals surface area contributed by atoms with Crippen LogP contribution in [0.5, 0.6) is 17.2 Å². The third-order valence-electron chi connectivity index (χ3n) is 3.12. The second-order valence-corrected chi connectivity index (χ2v) is 4.24. The minimum atomic E-state index is -0.621. The summed E-state index contributed by atoms with van der Waals surface area (Å²) in [5, 5.41) is 28.5. The molecule has 1 aliphatic rings. The number of benzene rings is 2. The minimum absolute atomic E-state index is 0.0124. The summed E-state index contributed by atoms with van der Waals surface area (Å²) in [4.78, 5) is 24.4. The molecule has 0 bridgehead atoms. The zero-order valence-electron chi connectivity index (χ0n) is 9.54. The van der Waals surface area contributed by atoms with E-state index in [0.717, 1.165) is 6.07 Å². The van der Waals surface area contributed by atoms with E-state index in [4.69, 9.17) is 0 Å². The van der Waals surface area contributed by atoms with E-state index in [1.165, 1.54) is 24.3 Å². The molecule has 0 radical (unpaired) electrons. The van der Waals surface area contributed by atoms with Gasteiger partial charge < -0.3 is 15.3 Å². The molecule has 2 aromatic carbocycles. The maximum atomic E-state index is 12.2. The standard InChI is InChI=1S/C14H8O5/c15-6-1-2-7-9(5-6)13(18)11-8(12(7)17)3-4-10(16)14(11)19/h1-5,15-16,19H. The number of phenols is 3. The summed E-state index contributed by atoms with van der Waals surface area (Å²) < 4.78 is 0. The molecule has 0 aliphatic heterocycles. The second kappa shape index (κ2) is 3.58. The van der Waals surface area contributed by atoms with Crippen molar-refractivity contribution < 1.29 is 24.9 Å². The van der Waals surface area contributed by atoms with E-state index in [0.29, 0.717) is 0 Å². The lowest BCUT2D eigenvalue weighted by Gasteiger charge is -2.18. The summed E-state index contributed by atoms with van der Waals surface area (Å²) in [5.41, 5.74) is -0.0135. The molecule has 1 aliphatic carbocycles. The first-order chi connectivity index (χ1) is 9.00. The molecule has 3 rings (SSSR count). The number of rotatable bonds is 0. The van der Waals surface area contributed by atoms with Crippen LogP contribution in [0.2, 0.25) is 0 Å². The Labute approximate surface area is 107 Å². The highest BCUT2D eigenvalue weighted by molar-refractivity contribution is 6.29. The molecule has 3 N–H and O–H groups in total. The number of fused-ring (bicyclic) bond motifs is 2. The van der Waals surface area contributed by atoms with E-state index in [2.05, 4.69) is 0 Å². The molecule has 0 amide bonds. The topological polar surface area (TPSA) is 94.8 Å². The Morgan fingerprint density at radius 2 is 1.42 bits per heavy atom. The van der Waals surface area contributed by atoms with Crippen LogP contribution >= 0.6 is 0 Å². The molecule has 0 unspecified atom stereocenters. The van der Waals surface area contributed by atoms with Gasteiger partial charge >= 0.3 is 0 Å². The lowest BCUT2D eigenvalue weighted by molar-refractivity contribution is 0.0976. The van der Waals surface area contributed by atoms with E-state index in [1.807, 2.05) is 0 Å². The van der Waals surface area contributed by atoms with Gasteiger partial charge in [0.15, 0.2) is 23.1 Å². The molecular weight excluding hydrogens is 248 g/mol. The highest BCUT2D eigenvalue weighted by Gasteiger charge is 2.33. The molecule has 94 valence electrons. The van der Waals surface area contributed by atoms with Gasteiger partial charge in [0.2, 0.25) is 0 Å². The van der Waals surface area contributed by atoms with Gasteiger partial charge in [0.1, 0.15) is 5.75 Å². The van der Waals surface area contributed by atoms with Crippen LogP contribution in [0.4, 0.5) is 0 Å². The SMILES string of the molecule is O=C1c2ccc(O)cc2C(=O)c2c1ccc(O)c2O. The van der Waals surface area contributed by atoms with Gasteiger partial charge in [0, 0.05) is 16.7 Å². The lowest BCUT2D eigenvalue weighted by Crippen LogP contribution is -2.20. The summed E-state index contributed by atoms with van der Waals surface area (Å²) >= 11 is 0. The maximum absolute atomic E-state index is 12.2. The molecular formula is C14H8O5.